The number of aliphatic imine (C=N–C) groups is 1. The van der Waals surface area contributed by atoms with Gasteiger partial charge < -0.3 is 9.84 Å². The Morgan fingerprint density at radius 1 is 1.25 bits per heavy atom. The summed E-state index contributed by atoms with van der Waals surface area (Å²) in [7, 11) is 0. The molecule has 1 saturated heterocycles. The summed E-state index contributed by atoms with van der Waals surface area (Å²) in [6.45, 7) is 9.63. The molecule has 1 aromatic heterocycles. The molecule has 0 radical (unpaired) electrons. The Morgan fingerprint density at radius 2 is 1.96 bits per heavy atom. The van der Waals surface area contributed by atoms with Crippen LogP contribution in [0.3, 0.4) is 0 Å². The first-order chi connectivity index (χ1) is 13.2. The first-order valence-corrected chi connectivity index (χ1v) is 10.0. The van der Waals surface area contributed by atoms with E-state index < -0.39 is 11.7 Å². The highest BCUT2D eigenvalue weighted by molar-refractivity contribution is 5.71. The largest absolute Gasteiger partial charge is 0.444 e. The lowest BCUT2D eigenvalue weighted by molar-refractivity contribution is -0.0250. The number of piperidine rings is 1. The number of likely N-dealkylation sites (tertiary alicyclic amines) is 1. The predicted molar refractivity (Wildman–Crippen MR) is 109 cm³/mol. The number of aliphatic hydroxyl groups is 1. The second kappa shape index (κ2) is 8.03. The molecule has 1 fully saturated rings. The van der Waals surface area contributed by atoms with E-state index in [1.807, 2.05) is 46.0 Å². The maximum Gasteiger partial charge on any atom is 0.411 e. The molecule has 28 heavy (non-hydrogen) atoms. The molecule has 0 spiro atoms. The summed E-state index contributed by atoms with van der Waals surface area (Å²) in [5.74, 6) is 0. The third-order valence-electron chi connectivity index (χ3n) is 5.26. The average molecular weight is 386 g/mol. The van der Waals surface area contributed by atoms with Crippen molar-refractivity contribution in [2.24, 2.45) is 4.99 Å². The summed E-state index contributed by atoms with van der Waals surface area (Å²) in [5.41, 5.74) is 3.21. The fourth-order valence-corrected chi connectivity index (χ4v) is 4.01. The molecule has 2 aliphatic heterocycles. The minimum absolute atomic E-state index is 0.332. The molecule has 1 N–H and O–H groups in total. The zero-order valence-corrected chi connectivity index (χ0v) is 17.5. The Morgan fingerprint density at radius 3 is 2.61 bits per heavy atom. The molecule has 0 unspecified atom stereocenters. The summed E-state index contributed by atoms with van der Waals surface area (Å²) in [5, 5.41) is 10.7. The number of aryl methyl sites for hydroxylation is 1. The lowest BCUT2D eigenvalue weighted by atomic mass is 9.86. The van der Waals surface area contributed by atoms with Gasteiger partial charge in [0.15, 0.2) is 0 Å². The lowest BCUT2D eigenvalue weighted by Gasteiger charge is -2.45. The molecule has 1 aromatic rings. The number of amides is 1. The molecule has 0 bridgehead atoms. The van der Waals surface area contributed by atoms with Crippen molar-refractivity contribution in [3.8, 4) is 0 Å². The van der Waals surface area contributed by atoms with E-state index >= 15 is 0 Å². The number of aliphatic hydroxyl groups excluding tert-OH is 1. The Kier molecular flexibility index (Phi) is 5.89. The van der Waals surface area contributed by atoms with Crippen LogP contribution >= 0.6 is 0 Å². The van der Waals surface area contributed by atoms with Crippen LogP contribution in [0.5, 0.6) is 0 Å². The van der Waals surface area contributed by atoms with Gasteiger partial charge in [-0.2, -0.15) is 0 Å². The van der Waals surface area contributed by atoms with E-state index in [1.54, 1.807) is 11.1 Å². The number of hydrogen-bond donors (Lipinski definition) is 1. The van der Waals surface area contributed by atoms with Gasteiger partial charge in [-0.3, -0.25) is 14.9 Å². The van der Waals surface area contributed by atoms with E-state index in [1.165, 1.54) is 0 Å². The van der Waals surface area contributed by atoms with Crippen molar-refractivity contribution in [2.45, 2.75) is 84.1 Å². The predicted octanol–water partition coefficient (Wildman–Crippen LogP) is 4.33. The van der Waals surface area contributed by atoms with Crippen LogP contribution in [0.25, 0.3) is 0 Å². The third-order valence-corrected chi connectivity index (χ3v) is 5.26. The number of ether oxygens (including phenoxy) is 1. The van der Waals surface area contributed by atoms with Crippen molar-refractivity contribution in [3.63, 3.8) is 0 Å². The van der Waals surface area contributed by atoms with Crippen molar-refractivity contribution >= 4 is 12.3 Å². The van der Waals surface area contributed by atoms with Gasteiger partial charge in [0.25, 0.3) is 0 Å². The Bertz CT molecular complexity index is 794. The van der Waals surface area contributed by atoms with Crippen LogP contribution in [0.1, 0.15) is 70.7 Å². The van der Waals surface area contributed by atoms with Crippen LogP contribution in [-0.4, -0.2) is 45.0 Å². The number of allylic oxidation sites excluding steroid dienone is 1. The highest BCUT2D eigenvalue weighted by Gasteiger charge is 2.44. The number of rotatable bonds is 2. The minimum Gasteiger partial charge on any atom is -0.444 e. The maximum absolute atomic E-state index is 13.3. The topological polar surface area (TPSA) is 75.0 Å². The Labute approximate surface area is 167 Å². The van der Waals surface area contributed by atoms with Crippen LogP contribution in [0.2, 0.25) is 0 Å². The molecule has 2 aliphatic rings. The zero-order chi connectivity index (χ0) is 20.5. The molecule has 3 rings (SSSR count). The summed E-state index contributed by atoms with van der Waals surface area (Å²) < 4.78 is 5.76. The normalized spacial score (nSPS) is 25.8. The van der Waals surface area contributed by atoms with Crippen LogP contribution in [0, 0.1) is 6.92 Å². The van der Waals surface area contributed by atoms with Gasteiger partial charge in [0, 0.05) is 12.4 Å². The summed E-state index contributed by atoms with van der Waals surface area (Å²) >= 11 is 0. The van der Waals surface area contributed by atoms with Crippen molar-refractivity contribution in [1.29, 1.82) is 0 Å². The second-order valence-corrected chi connectivity index (χ2v) is 8.77. The van der Waals surface area contributed by atoms with E-state index in [2.05, 4.69) is 16.9 Å². The SMILES string of the molecule is CC1=C([C@H]2C[C@@H](O)C[C@@H](c3ncccc3C)N2C(=O)OC(C)(C)C)N=CCC1. The van der Waals surface area contributed by atoms with Gasteiger partial charge in [0.05, 0.1) is 29.6 Å². The van der Waals surface area contributed by atoms with Gasteiger partial charge in [0.2, 0.25) is 0 Å². The van der Waals surface area contributed by atoms with Gasteiger partial charge in [-0.05, 0) is 77.5 Å². The van der Waals surface area contributed by atoms with Crippen LogP contribution in [0.15, 0.2) is 34.6 Å². The summed E-state index contributed by atoms with van der Waals surface area (Å²) in [6.07, 6.45) is 5.41. The monoisotopic (exact) mass is 385 g/mol. The van der Waals surface area contributed by atoms with Gasteiger partial charge in [-0.1, -0.05) is 6.07 Å². The zero-order valence-electron chi connectivity index (χ0n) is 17.5. The fourth-order valence-electron chi connectivity index (χ4n) is 4.01. The summed E-state index contributed by atoms with van der Waals surface area (Å²) in [4.78, 5) is 24.2. The molecule has 1 amide bonds. The molecule has 6 heteroatoms. The van der Waals surface area contributed by atoms with E-state index in [4.69, 9.17) is 4.74 Å². The number of carbonyl (C=O) groups excluding carboxylic acids is 1. The van der Waals surface area contributed by atoms with Crippen molar-refractivity contribution in [2.75, 3.05) is 0 Å². The standard InChI is InChI=1S/C22H31N3O3/c1-14-8-6-10-23-19(14)17-12-16(26)13-18(20-15(2)9-7-11-24-20)25(17)21(27)28-22(3,4)5/h6,8,10-11,16-18,26H,7,9,12-13H2,1-5H3/t16-,17-,18+/m0/s1. The van der Waals surface area contributed by atoms with Crippen molar-refractivity contribution < 1.29 is 14.6 Å². The maximum atomic E-state index is 13.3. The van der Waals surface area contributed by atoms with Gasteiger partial charge >= 0.3 is 6.09 Å². The second-order valence-electron chi connectivity index (χ2n) is 8.77. The van der Waals surface area contributed by atoms with Gasteiger partial charge in [-0.15, -0.1) is 0 Å². The van der Waals surface area contributed by atoms with Gasteiger partial charge in [0.1, 0.15) is 5.60 Å². The van der Waals surface area contributed by atoms with Crippen LogP contribution < -0.4 is 0 Å². The van der Waals surface area contributed by atoms with Crippen molar-refractivity contribution in [3.05, 3.63) is 40.9 Å². The highest BCUT2D eigenvalue weighted by Crippen LogP contribution is 2.40. The molecule has 152 valence electrons. The molecule has 6 nitrogen and oxygen atoms in total. The number of pyridine rings is 1. The highest BCUT2D eigenvalue weighted by atomic mass is 16.6. The van der Waals surface area contributed by atoms with Crippen molar-refractivity contribution in [1.82, 2.24) is 9.88 Å². The quantitative estimate of drug-likeness (QED) is 0.822. The smallest absolute Gasteiger partial charge is 0.411 e. The molecular formula is C22H31N3O3. The van der Waals surface area contributed by atoms with Crippen LogP contribution in [-0.2, 0) is 4.74 Å². The number of aromatic nitrogens is 1. The molecule has 3 heterocycles. The van der Waals surface area contributed by atoms with E-state index in [0.29, 0.717) is 12.8 Å². The summed E-state index contributed by atoms with van der Waals surface area (Å²) in [6, 6.07) is 3.17. The first kappa shape index (κ1) is 20.5. The molecular weight excluding hydrogens is 354 g/mol. The van der Waals surface area contributed by atoms with E-state index in [0.717, 1.165) is 35.4 Å². The molecule has 3 atom stereocenters. The van der Waals surface area contributed by atoms with E-state index in [-0.39, 0.29) is 18.2 Å². The average Bonchev–Trinajstić information content (AvgIpc) is 2.60. The van der Waals surface area contributed by atoms with Crippen LogP contribution in [0.4, 0.5) is 4.79 Å². The Balaban J connectivity index is 2.07. The van der Waals surface area contributed by atoms with Gasteiger partial charge in [-0.25, -0.2) is 4.79 Å². The molecule has 0 aromatic carbocycles. The van der Waals surface area contributed by atoms with E-state index in [9.17, 15) is 9.90 Å². The lowest BCUT2D eigenvalue weighted by Crippen LogP contribution is -2.52. The third kappa shape index (κ3) is 4.43. The Hall–Kier alpha value is -2.21. The molecule has 0 saturated carbocycles. The number of hydrogen-bond acceptors (Lipinski definition) is 5. The number of nitrogens with zero attached hydrogens (tertiary/aromatic N) is 3. The minimum atomic E-state index is -0.610. The first-order valence-electron chi connectivity index (χ1n) is 10.0. The number of carbonyl (C=O) groups is 1. The fraction of sp³-hybridized carbons (Fsp3) is 0.591. The molecule has 0 aliphatic carbocycles.